The molecule has 2 N–H and O–H groups in total. The number of nitrogen functional groups attached to an aromatic ring is 1. The third-order valence-corrected chi connectivity index (χ3v) is 2.67. The number of ether oxygens (including phenoxy) is 2. The molecule has 0 aliphatic heterocycles. The summed E-state index contributed by atoms with van der Waals surface area (Å²) in [6.07, 6.45) is 0.981. The van der Waals surface area contributed by atoms with Crippen molar-refractivity contribution in [3.05, 3.63) is 23.8 Å². The molecule has 100 valence electrons. The normalized spacial score (nSPS) is 11.9. The predicted octanol–water partition coefficient (Wildman–Crippen LogP) is 2.87. The highest BCUT2D eigenvalue weighted by molar-refractivity contribution is 5.91. The van der Waals surface area contributed by atoms with Crippen molar-refractivity contribution in [2.75, 3.05) is 18.9 Å². The molecule has 4 heteroatoms. The minimum Gasteiger partial charge on any atom is -0.494 e. The molecule has 1 aromatic rings. The van der Waals surface area contributed by atoms with Crippen molar-refractivity contribution in [2.45, 2.75) is 27.2 Å². The van der Waals surface area contributed by atoms with Crippen LogP contribution in [0, 0.1) is 5.92 Å². The Morgan fingerprint density at radius 3 is 2.67 bits per heavy atom. The van der Waals surface area contributed by atoms with Gasteiger partial charge in [-0.3, -0.25) is 0 Å². The topological polar surface area (TPSA) is 61.5 Å². The molecular formula is C14H21NO3. The van der Waals surface area contributed by atoms with E-state index in [1.54, 1.807) is 18.2 Å². The lowest BCUT2D eigenvalue weighted by atomic mass is 10.1. The Labute approximate surface area is 108 Å². The summed E-state index contributed by atoms with van der Waals surface area (Å²) in [5, 5.41) is 0. The van der Waals surface area contributed by atoms with E-state index in [1.165, 1.54) is 0 Å². The molecule has 0 saturated carbocycles. The van der Waals surface area contributed by atoms with E-state index in [2.05, 4.69) is 6.92 Å². The summed E-state index contributed by atoms with van der Waals surface area (Å²) in [5.41, 5.74) is 6.65. The summed E-state index contributed by atoms with van der Waals surface area (Å²) in [4.78, 5) is 11.8. The van der Waals surface area contributed by atoms with Crippen molar-refractivity contribution in [2.24, 2.45) is 5.92 Å². The summed E-state index contributed by atoms with van der Waals surface area (Å²) in [7, 11) is 0. The fourth-order valence-electron chi connectivity index (χ4n) is 1.41. The molecule has 0 aliphatic carbocycles. The molecule has 0 amide bonds. The maximum Gasteiger partial charge on any atom is 0.338 e. The Kier molecular flexibility index (Phi) is 5.49. The van der Waals surface area contributed by atoms with Crippen LogP contribution in [0.3, 0.4) is 0 Å². The SMILES string of the molecule is CCOc1cc(N)cc(C(=O)OCC(C)CC)c1. The van der Waals surface area contributed by atoms with Crippen LogP contribution >= 0.6 is 0 Å². The lowest BCUT2D eigenvalue weighted by Gasteiger charge is -2.11. The first-order valence-corrected chi connectivity index (χ1v) is 6.27. The second-order valence-electron chi connectivity index (χ2n) is 4.34. The lowest BCUT2D eigenvalue weighted by Crippen LogP contribution is -2.12. The minimum atomic E-state index is -0.358. The zero-order chi connectivity index (χ0) is 13.5. The van der Waals surface area contributed by atoms with Crippen LogP contribution in [0.5, 0.6) is 5.75 Å². The molecule has 1 aromatic carbocycles. The average Bonchev–Trinajstić information content (AvgIpc) is 2.35. The Bertz CT molecular complexity index is 404. The molecule has 0 saturated heterocycles. The average molecular weight is 251 g/mol. The minimum absolute atomic E-state index is 0.358. The highest BCUT2D eigenvalue weighted by Gasteiger charge is 2.11. The third kappa shape index (κ3) is 4.28. The van der Waals surface area contributed by atoms with Crippen molar-refractivity contribution in [3.63, 3.8) is 0 Å². The molecule has 0 aliphatic rings. The van der Waals surface area contributed by atoms with Gasteiger partial charge in [0.25, 0.3) is 0 Å². The van der Waals surface area contributed by atoms with Crippen LogP contribution < -0.4 is 10.5 Å². The number of carbonyl (C=O) groups excluding carboxylic acids is 1. The summed E-state index contributed by atoms with van der Waals surface area (Å²) in [6.45, 7) is 6.94. The standard InChI is InChI=1S/C14H21NO3/c1-4-10(3)9-18-14(16)11-6-12(15)8-13(7-11)17-5-2/h6-8,10H,4-5,9,15H2,1-3H3. The highest BCUT2D eigenvalue weighted by Crippen LogP contribution is 2.20. The molecule has 0 bridgehead atoms. The zero-order valence-electron chi connectivity index (χ0n) is 11.2. The van der Waals surface area contributed by atoms with Gasteiger partial charge in [0.1, 0.15) is 5.75 Å². The van der Waals surface area contributed by atoms with Gasteiger partial charge in [-0.15, -0.1) is 0 Å². The molecule has 4 nitrogen and oxygen atoms in total. The van der Waals surface area contributed by atoms with E-state index in [-0.39, 0.29) is 5.97 Å². The van der Waals surface area contributed by atoms with E-state index < -0.39 is 0 Å². The van der Waals surface area contributed by atoms with Crippen LogP contribution in [-0.4, -0.2) is 19.2 Å². The molecule has 0 fully saturated rings. The molecular weight excluding hydrogens is 230 g/mol. The van der Waals surface area contributed by atoms with Crippen LogP contribution in [-0.2, 0) is 4.74 Å². The van der Waals surface area contributed by atoms with Gasteiger partial charge < -0.3 is 15.2 Å². The van der Waals surface area contributed by atoms with E-state index >= 15 is 0 Å². The van der Waals surface area contributed by atoms with Gasteiger partial charge in [-0.25, -0.2) is 4.79 Å². The van der Waals surface area contributed by atoms with E-state index in [0.717, 1.165) is 6.42 Å². The summed E-state index contributed by atoms with van der Waals surface area (Å²) >= 11 is 0. The van der Waals surface area contributed by atoms with Crippen LogP contribution in [0.1, 0.15) is 37.6 Å². The molecule has 0 spiro atoms. The Morgan fingerprint density at radius 2 is 2.06 bits per heavy atom. The number of benzene rings is 1. The molecule has 18 heavy (non-hydrogen) atoms. The molecule has 0 heterocycles. The van der Waals surface area contributed by atoms with Crippen molar-refractivity contribution >= 4 is 11.7 Å². The first-order valence-electron chi connectivity index (χ1n) is 6.27. The van der Waals surface area contributed by atoms with Crippen molar-refractivity contribution in [3.8, 4) is 5.75 Å². The lowest BCUT2D eigenvalue weighted by molar-refractivity contribution is 0.0446. The second-order valence-corrected chi connectivity index (χ2v) is 4.34. The van der Waals surface area contributed by atoms with Crippen LogP contribution in [0.4, 0.5) is 5.69 Å². The van der Waals surface area contributed by atoms with Crippen molar-refractivity contribution < 1.29 is 14.3 Å². The quantitative estimate of drug-likeness (QED) is 0.623. The predicted molar refractivity (Wildman–Crippen MR) is 71.8 cm³/mol. The van der Waals surface area contributed by atoms with Gasteiger partial charge in [0.05, 0.1) is 18.8 Å². The maximum absolute atomic E-state index is 11.8. The number of anilines is 1. The fourth-order valence-corrected chi connectivity index (χ4v) is 1.41. The van der Waals surface area contributed by atoms with Crippen LogP contribution in [0.25, 0.3) is 0 Å². The summed E-state index contributed by atoms with van der Waals surface area (Å²) < 4.78 is 10.6. The number of hydrogen-bond acceptors (Lipinski definition) is 4. The number of carbonyl (C=O) groups is 1. The van der Waals surface area contributed by atoms with Crippen LogP contribution in [0.2, 0.25) is 0 Å². The van der Waals surface area contributed by atoms with E-state index in [9.17, 15) is 4.79 Å². The van der Waals surface area contributed by atoms with Gasteiger partial charge in [0.2, 0.25) is 0 Å². The Morgan fingerprint density at radius 1 is 1.33 bits per heavy atom. The third-order valence-electron chi connectivity index (χ3n) is 2.67. The van der Waals surface area contributed by atoms with Gasteiger partial charge in [0, 0.05) is 11.8 Å². The molecule has 0 radical (unpaired) electrons. The highest BCUT2D eigenvalue weighted by atomic mass is 16.5. The van der Waals surface area contributed by atoms with E-state index in [1.807, 2.05) is 13.8 Å². The molecule has 0 aromatic heterocycles. The first kappa shape index (κ1) is 14.4. The molecule has 1 atom stereocenters. The Hall–Kier alpha value is -1.71. The summed E-state index contributed by atoms with van der Waals surface area (Å²) in [6, 6.07) is 4.94. The number of esters is 1. The monoisotopic (exact) mass is 251 g/mol. The van der Waals surface area contributed by atoms with Gasteiger partial charge in [-0.05, 0) is 25.0 Å². The largest absolute Gasteiger partial charge is 0.494 e. The van der Waals surface area contributed by atoms with E-state index in [4.69, 9.17) is 15.2 Å². The number of rotatable bonds is 6. The molecule has 1 rings (SSSR count). The van der Waals surface area contributed by atoms with Gasteiger partial charge in [0.15, 0.2) is 0 Å². The zero-order valence-corrected chi connectivity index (χ0v) is 11.2. The summed E-state index contributed by atoms with van der Waals surface area (Å²) in [5.74, 6) is 0.595. The number of hydrogen-bond donors (Lipinski definition) is 1. The Balaban J connectivity index is 2.72. The maximum atomic E-state index is 11.8. The van der Waals surface area contributed by atoms with Gasteiger partial charge >= 0.3 is 5.97 Å². The van der Waals surface area contributed by atoms with Crippen molar-refractivity contribution in [1.29, 1.82) is 0 Å². The number of nitrogens with two attached hydrogens (primary N) is 1. The van der Waals surface area contributed by atoms with Gasteiger partial charge in [-0.1, -0.05) is 20.3 Å². The van der Waals surface area contributed by atoms with Gasteiger partial charge in [-0.2, -0.15) is 0 Å². The van der Waals surface area contributed by atoms with Crippen molar-refractivity contribution in [1.82, 2.24) is 0 Å². The second kappa shape index (κ2) is 6.89. The van der Waals surface area contributed by atoms with E-state index in [0.29, 0.717) is 36.1 Å². The smallest absolute Gasteiger partial charge is 0.338 e. The molecule has 1 unspecified atom stereocenters. The van der Waals surface area contributed by atoms with Crippen LogP contribution in [0.15, 0.2) is 18.2 Å². The fraction of sp³-hybridized carbons (Fsp3) is 0.500. The first-order chi connectivity index (χ1) is 8.56.